The molecular weight excluding hydrogens is 474 g/mol. The summed E-state index contributed by atoms with van der Waals surface area (Å²) in [6.45, 7) is 4.90. The first-order chi connectivity index (χ1) is 18.1. The minimum Gasteiger partial charge on any atom is -0.490 e. The van der Waals surface area contributed by atoms with Crippen molar-refractivity contribution in [1.82, 2.24) is 10.7 Å². The maximum atomic E-state index is 13.0. The van der Waals surface area contributed by atoms with Gasteiger partial charge in [-0.05, 0) is 73.5 Å². The Balaban J connectivity index is 1.53. The molecule has 0 atom stereocenters. The molecule has 9 nitrogen and oxygen atoms in total. The van der Waals surface area contributed by atoms with Crippen molar-refractivity contribution in [1.29, 1.82) is 0 Å². The molecule has 2 amide bonds. The number of fused-ring (bicyclic) bond motifs is 1. The molecule has 2 N–H and O–H groups in total. The van der Waals surface area contributed by atoms with Crippen molar-refractivity contribution < 1.29 is 28.5 Å². The van der Waals surface area contributed by atoms with Gasteiger partial charge in [0, 0.05) is 5.56 Å². The number of benzene rings is 3. The van der Waals surface area contributed by atoms with Gasteiger partial charge in [-0.3, -0.25) is 9.59 Å². The summed E-state index contributed by atoms with van der Waals surface area (Å²) >= 11 is 0. The van der Waals surface area contributed by atoms with E-state index in [1.165, 1.54) is 12.3 Å². The lowest BCUT2D eigenvalue weighted by Crippen LogP contribution is -2.32. The van der Waals surface area contributed by atoms with Crippen LogP contribution in [0.1, 0.15) is 35.3 Å². The van der Waals surface area contributed by atoms with E-state index in [2.05, 4.69) is 15.8 Å². The van der Waals surface area contributed by atoms with Crippen LogP contribution in [0.5, 0.6) is 23.0 Å². The number of rotatable bonds is 10. The number of carbonyl (C=O) groups excluding carboxylic acids is 2. The van der Waals surface area contributed by atoms with Gasteiger partial charge in [0.25, 0.3) is 11.8 Å². The number of nitrogens with one attached hydrogen (secondary N) is 2. The first kappa shape index (κ1) is 25.3. The van der Waals surface area contributed by atoms with Gasteiger partial charge in [0.05, 0.1) is 19.4 Å². The summed E-state index contributed by atoms with van der Waals surface area (Å²) in [5.41, 5.74) is 4.22. The minimum atomic E-state index is -0.603. The van der Waals surface area contributed by atoms with Crippen molar-refractivity contribution in [3.8, 4) is 23.0 Å². The third kappa shape index (κ3) is 6.66. The Hall–Kier alpha value is -4.79. The monoisotopic (exact) mass is 501 g/mol. The summed E-state index contributed by atoms with van der Waals surface area (Å²) in [6.07, 6.45) is 3.02. The molecule has 0 bridgehead atoms. The Morgan fingerprint density at radius 1 is 0.892 bits per heavy atom. The fourth-order valence-electron chi connectivity index (χ4n) is 3.49. The molecule has 0 spiro atoms. The van der Waals surface area contributed by atoms with Crippen LogP contribution in [0.4, 0.5) is 0 Å². The van der Waals surface area contributed by atoms with E-state index in [9.17, 15) is 9.59 Å². The Kier molecular flexibility index (Phi) is 8.38. The van der Waals surface area contributed by atoms with E-state index in [-0.39, 0.29) is 12.5 Å². The van der Waals surface area contributed by atoms with Crippen molar-refractivity contribution in [2.24, 2.45) is 5.10 Å². The van der Waals surface area contributed by atoms with E-state index in [0.717, 1.165) is 0 Å². The van der Waals surface area contributed by atoms with Crippen LogP contribution in [0.3, 0.4) is 0 Å². The molecule has 0 saturated carbocycles. The average Bonchev–Trinajstić information content (AvgIpc) is 3.38. The number of hydrazone groups is 1. The van der Waals surface area contributed by atoms with E-state index < -0.39 is 11.8 Å². The van der Waals surface area contributed by atoms with Crippen molar-refractivity contribution in [3.05, 3.63) is 89.1 Å². The lowest BCUT2D eigenvalue weighted by molar-refractivity contribution is -0.117. The molecule has 3 aromatic carbocycles. The number of ether oxygens (including phenoxy) is 4. The molecule has 0 unspecified atom stereocenters. The van der Waals surface area contributed by atoms with E-state index >= 15 is 0 Å². The predicted molar refractivity (Wildman–Crippen MR) is 139 cm³/mol. The van der Waals surface area contributed by atoms with Crippen LogP contribution < -0.4 is 29.7 Å². The lowest BCUT2D eigenvalue weighted by atomic mass is 10.1. The molecular formula is C28H27N3O6. The standard InChI is InChI=1S/C28H27N3O6/c1-3-34-23-13-11-20(16-25(23)35-4-2)17-29-31-28(33)22(30-27(32)21-8-6-5-7-9-21)14-19-10-12-24-26(15-19)37-18-36-24/h5-17H,3-4,18H2,1-2H3,(H,30,32)(H,31,33)/b22-14?,29-17-. The quantitative estimate of drug-likeness (QED) is 0.246. The summed E-state index contributed by atoms with van der Waals surface area (Å²) in [5.74, 6) is 1.35. The number of nitrogens with zero attached hydrogens (tertiary/aromatic N) is 1. The maximum absolute atomic E-state index is 13.0. The fourth-order valence-corrected chi connectivity index (χ4v) is 3.49. The third-order valence-corrected chi connectivity index (χ3v) is 5.18. The number of carbonyl (C=O) groups is 2. The zero-order chi connectivity index (χ0) is 26.0. The van der Waals surface area contributed by atoms with Gasteiger partial charge in [0.2, 0.25) is 6.79 Å². The summed E-state index contributed by atoms with van der Waals surface area (Å²) in [5, 5.41) is 6.73. The van der Waals surface area contributed by atoms with Crippen LogP contribution in [0.25, 0.3) is 6.08 Å². The van der Waals surface area contributed by atoms with Crippen LogP contribution in [0.2, 0.25) is 0 Å². The second kappa shape index (κ2) is 12.3. The Bertz CT molecular complexity index is 1320. The molecule has 9 heteroatoms. The Morgan fingerprint density at radius 3 is 2.41 bits per heavy atom. The summed E-state index contributed by atoms with van der Waals surface area (Å²) in [7, 11) is 0. The predicted octanol–water partition coefficient (Wildman–Crippen LogP) is 4.13. The van der Waals surface area contributed by atoms with E-state index in [1.807, 2.05) is 13.8 Å². The normalized spacial score (nSPS) is 12.3. The van der Waals surface area contributed by atoms with Crippen LogP contribution in [0.15, 0.2) is 77.5 Å². The van der Waals surface area contributed by atoms with E-state index in [0.29, 0.717) is 52.9 Å². The highest BCUT2D eigenvalue weighted by Crippen LogP contribution is 2.33. The SMILES string of the molecule is CCOc1ccc(/C=N\NC(=O)C(=Cc2ccc3c(c2)OCO3)NC(=O)c2ccccc2)cc1OCC. The summed E-state index contributed by atoms with van der Waals surface area (Å²) in [4.78, 5) is 25.8. The topological polar surface area (TPSA) is 107 Å². The van der Waals surface area contributed by atoms with Crippen LogP contribution in [-0.2, 0) is 4.79 Å². The molecule has 0 aromatic heterocycles. The minimum absolute atomic E-state index is 0.00608. The van der Waals surface area contributed by atoms with Gasteiger partial charge in [-0.25, -0.2) is 5.43 Å². The molecule has 0 fully saturated rings. The van der Waals surface area contributed by atoms with Crippen molar-refractivity contribution >= 4 is 24.1 Å². The second-order valence-corrected chi connectivity index (χ2v) is 7.76. The van der Waals surface area contributed by atoms with Crippen LogP contribution in [-0.4, -0.2) is 38.0 Å². The molecule has 190 valence electrons. The first-order valence-electron chi connectivity index (χ1n) is 11.8. The fraction of sp³-hybridized carbons (Fsp3) is 0.179. The van der Waals surface area contributed by atoms with Gasteiger partial charge in [-0.1, -0.05) is 24.3 Å². The summed E-state index contributed by atoms with van der Waals surface area (Å²) < 4.78 is 22.0. The third-order valence-electron chi connectivity index (χ3n) is 5.18. The number of hydrogen-bond acceptors (Lipinski definition) is 7. The molecule has 1 aliphatic heterocycles. The van der Waals surface area contributed by atoms with Crippen LogP contribution >= 0.6 is 0 Å². The Labute approximate surface area is 214 Å². The molecule has 1 heterocycles. The van der Waals surface area contributed by atoms with Gasteiger partial charge in [0.1, 0.15) is 5.70 Å². The molecule has 0 radical (unpaired) electrons. The lowest BCUT2D eigenvalue weighted by Gasteiger charge is -2.11. The molecule has 1 aliphatic rings. The highest BCUT2D eigenvalue weighted by Gasteiger charge is 2.17. The van der Waals surface area contributed by atoms with Gasteiger partial charge >= 0.3 is 0 Å². The zero-order valence-electron chi connectivity index (χ0n) is 20.5. The number of amides is 2. The largest absolute Gasteiger partial charge is 0.490 e. The van der Waals surface area contributed by atoms with Gasteiger partial charge in [0.15, 0.2) is 23.0 Å². The highest BCUT2D eigenvalue weighted by atomic mass is 16.7. The average molecular weight is 502 g/mol. The van der Waals surface area contributed by atoms with Gasteiger partial charge in [-0.15, -0.1) is 0 Å². The van der Waals surface area contributed by atoms with Crippen molar-refractivity contribution in [3.63, 3.8) is 0 Å². The Morgan fingerprint density at radius 2 is 1.62 bits per heavy atom. The zero-order valence-corrected chi connectivity index (χ0v) is 20.5. The number of hydrogen-bond donors (Lipinski definition) is 2. The molecule has 0 saturated heterocycles. The summed E-state index contributed by atoms with van der Waals surface area (Å²) in [6, 6.07) is 19.2. The molecule has 3 aromatic rings. The van der Waals surface area contributed by atoms with E-state index in [4.69, 9.17) is 18.9 Å². The van der Waals surface area contributed by atoms with Crippen molar-refractivity contribution in [2.75, 3.05) is 20.0 Å². The van der Waals surface area contributed by atoms with E-state index in [1.54, 1.807) is 66.7 Å². The first-order valence-corrected chi connectivity index (χ1v) is 11.8. The second-order valence-electron chi connectivity index (χ2n) is 7.76. The molecule has 37 heavy (non-hydrogen) atoms. The highest BCUT2D eigenvalue weighted by molar-refractivity contribution is 6.05. The molecule has 4 rings (SSSR count). The van der Waals surface area contributed by atoms with Crippen LogP contribution in [0, 0.1) is 0 Å². The van der Waals surface area contributed by atoms with Crippen molar-refractivity contribution in [2.45, 2.75) is 13.8 Å². The van der Waals surface area contributed by atoms with Gasteiger partial charge in [-0.2, -0.15) is 5.10 Å². The molecule has 0 aliphatic carbocycles. The van der Waals surface area contributed by atoms with Gasteiger partial charge < -0.3 is 24.3 Å². The maximum Gasteiger partial charge on any atom is 0.287 e. The smallest absolute Gasteiger partial charge is 0.287 e.